The topological polar surface area (TPSA) is 0 Å². The lowest BCUT2D eigenvalue weighted by molar-refractivity contribution is 1.13. The molecular weight excluding hydrogens is 216 g/mol. The van der Waals surface area contributed by atoms with Crippen molar-refractivity contribution in [1.29, 1.82) is 0 Å². The quantitative estimate of drug-likeness (QED) is 0.636. The maximum Gasteiger partial charge on any atom is 0.0326 e. The predicted octanol–water partition coefficient (Wildman–Crippen LogP) is 4.48. The Bertz CT molecular complexity index is 661. The Morgan fingerprint density at radius 2 is 1.78 bits per heavy atom. The van der Waals surface area contributed by atoms with Crippen molar-refractivity contribution in [1.82, 2.24) is 0 Å². The van der Waals surface area contributed by atoms with Crippen molar-refractivity contribution < 1.29 is 0 Å². The summed E-state index contributed by atoms with van der Waals surface area (Å²) >= 11 is 0. The van der Waals surface area contributed by atoms with Crippen LogP contribution in [0.4, 0.5) is 0 Å². The molecule has 0 spiro atoms. The van der Waals surface area contributed by atoms with E-state index in [2.05, 4.69) is 48.2 Å². The normalized spacial score (nSPS) is 18.4. The highest BCUT2D eigenvalue weighted by Crippen LogP contribution is 2.41. The third kappa shape index (κ3) is 1.91. The van der Waals surface area contributed by atoms with E-state index in [9.17, 15) is 0 Å². The van der Waals surface area contributed by atoms with E-state index in [0.717, 1.165) is 5.92 Å². The predicted molar refractivity (Wildman–Crippen MR) is 75.5 cm³/mol. The third-order valence-corrected chi connectivity index (χ3v) is 3.92. The van der Waals surface area contributed by atoms with E-state index in [1.165, 1.54) is 47.6 Å². The second-order valence-corrected chi connectivity index (χ2v) is 5.61. The van der Waals surface area contributed by atoms with Crippen LogP contribution < -0.4 is 0 Å². The minimum absolute atomic E-state index is 0.674. The summed E-state index contributed by atoms with van der Waals surface area (Å²) in [5.41, 5.74) is 2.73. The molecule has 4 rings (SSSR count). The Hall–Kier alpha value is -1.74. The standard InChI is InChI=1S/C18H16/c1-2-4-18-15(3-1)11-17(14-9-10-14)12-16(18)8-7-13-5-6-13/h1-4,11-14H,5-6,9-10H2. The third-order valence-electron chi connectivity index (χ3n) is 3.92. The van der Waals surface area contributed by atoms with Crippen molar-refractivity contribution in [2.24, 2.45) is 5.92 Å². The molecule has 0 heterocycles. The van der Waals surface area contributed by atoms with Gasteiger partial charge in [0.2, 0.25) is 0 Å². The average molecular weight is 232 g/mol. The Morgan fingerprint density at radius 3 is 2.56 bits per heavy atom. The molecule has 0 radical (unpaired) electrons. The van der Waals surface area contributed by atoms with Gasteiger partial charge in [-0.05, 0) is 54.0 Å². The molecule has 2 aliphatic carbocycles. The summed E-state index contributed by atoms with van der Waals surface area (Å²) in [6.07, 6.45) is 5.31. The lowest BCUT2D eigenvalue weighted by Crippen LogP contribution is -1.86. The first-order valence-electron chi connectivity index (χ1n) is 6.94. The maximum atomic E-state index is 3.42. The van der Waals surface area contributed by atoms with Crippen LogP contribution in [0.5, 0.6) is 0 Å². The van der Waals surface area contributed by atoms with E-state index >= 15 is 0 Å². The summed E-state index contributed by atoms with van der Waals surface area (Å²) in [4.78, 5) is 0. The first-order valence-corrected chi connectivity index (χ1v) is 6.94. The molecule has 0 nitrogen and oxygen atoms in total. The van der Waals surface area contributed by atoms with Crippen LogP contribution in [0.15, 0.2) is 36.4 Å². The molecule has 0 atom stereocenters. The van der Waals surface area contributed by atoms with Crippen LogP contribution >= 0.6 is 0 Å². The Labute approximate surface area is 108 Å². The van der Waals surface area contributed by atoms with E-state index in [0.29, 0.717) is 5.92 Å². The highest BCUT2D eigenvalue weighted by molar-refractivity contribution is 5.89. The first kappa shape index (κ1) is 10.2. The number of rotatable bonds is 1. The summed E-state index contributed by atoms with van der Waals surface area (Å²) in [7, 11) is 0. The van der Waals surface area contributed by atoms with Crippen LogP contribution in [0.2, 0.25) is 0 Å². The molecule has 2 fully saturated rings. The molecule has 0 saturated heterocycles. The van der Waals surface area contributed by atoms with E-state index in [-0.39, 0.29) is 0 Å². The van der Waals surface area contributed by atoms with Gasteiger partial charge in [0.15, 0.2) is 0 Å². The number of hydrogen-bond donors (Lipinski definition) is 0. The molecule has 88 valence electrons. The van der Waals surface area contributed by atoms with Gasteiger partial charge in [-0.1, -0.05) is 42.2 Å². The number of fused-ring (bicyclic) bond motifs is 1. The zero-order valence-electron chi connectivity index (χ0n) is 10.4. The fraction of sp³-hybridized carbons (Fsp3) is 0.333. The van der Waals surface area contributed by atoms with Crippen molar-refractivity contribution in [3.63, 3.8) is 0 Å². The van der Waals surface area contributed by atoms with Gasteiger partial charge in [0, 0.05) is 11.5 Å². The van der Waals surface area contributed by atoms with Gasteiger partial charge in [0.05, 0.1) is 0 Å². The molecule has 0 N–H and O–H groups in total. The summed E-state index contributed by atoms with van der Waals surface area (Å²) in [5, 5.41) is 2.66. The van der Waals surface area contributed by atoms with Crippen LogP contribution in [0.3, 0.4) is 0 Å². The molecule has 2 aromatic carbocycles. The summed E-state index contributed by atoms with van der Waals surface area (Å²) in [6, 6.07) is 13.3. The van der Waals surface area contributed by atoms with Crippen molar-refractivity contribution >= 4 is 10.8 Å². The van der Waals surface area contributed by atoms with Crippen molar-refractivity contribution in [3.05, 3.63) is 47.5 Å². The lowest BCUT2D eigenvalue weighted by Gasteiger charge is -2.05. The number of hydrogen-bond acceptors (Lipinski definition) is 0. The summed E-state index contributed by atoms with van der Waals surface area (Å²) in [5.74, 6) is 8.30. The van der Waals surface area contributed by atoms with Crippen LogP contribution in [-0.2, 0) is 0 Å². The van der Waals surface area contributed by atoms with Crippen LogP contribution in [0.25, 0.3) is 10.8 Å². The van der Waals surface area contributed by atoms with Crippen LogP contribution in [0.1, 0.15) is 42.7 Å². The van der Waals surface area contributed by atoms with Crippen molar-refractivity contribution in [3.8, 4) is 11.8 Å². The molecule has 0 bridgehead atoms. The van der Waals surface area contributed by atoms with Gasteiger partial charge in [0.1, 0.15) is 0 Å². The summed E-state index contributed by atoms with van der Waals surface area (Å²) < 4.78 is 0. The first-order chi connectivity index (χ1) is 8.90. The fourth-order valence-electron chi connectivity index (χ4n) is 2.50. The van der Waals surface area contributed by atoms with Crippen LogP contribution in [-0.4, -0.2) is 0 Å². The Morgan fingerprint density at radius 1 is 0.944 bits per heavy atom. The second-order valence-electron chi connectivity index (χ2n) is 5.61. The molecule has 0 unspecified atom stereocenters. The van der Waals surface area contributed by atoms with Gasteiger partial charge in [0.25, 0.3) is 0 Å². The van der Waals surface area contributed by atoms with Crippen LogP contribution in [0, 0.1) is 17.8 Å². The summed E-state index contributed by atoms with van der Waals surface area (Å²) in [6.45, 7) is 0. The highest BCUT2D eigenvalue weighted by Gasteiger charge is 2.24. The molecular formula is C18H16. The van der Waals surface area contributed by atoms with E-state index in [1.54, 1.807) is 0 Å². The molecule has 2 aliphatic rings. The largest absolute Gasteiger partial charge is 0.0945 e. The zero-order chi connectivity index (χ0) is 11.9. The Kier molecular flexibility index (Phi) is 2.20. The van der Waals surface area contributed by atoms with Crippen molar-refractivity contribution in [2.75, 3.05) is 0 Å². The molecule has 18 heavy (non-hydrogen) atoms. The second kappa shape index (κ2) is 3.89. The van der Waals surface area contributed by atoms with Gasteiger partial charge in [-0.3, -0.25) is 0 Å². The minimum atomic E-state index is 0.674. The number of benzene rings is 2. The SMILES string of the molecule is C(#CC1CC1)c1cc(C2CC2)cc2ccccc12. The highest BCUT2D eigenvalue weighted by atomic mass is 14.3. The average Bonchev–Trinajstić information content (AvgIpc) is 3.29. The molecule has 0 amide bonds. The zero-order valence-corrected chi connectivity index (χ0v) is 10.4. The van der Waals surface area contributed by atoms with Gasteiger partial charge in [-0.15, -0.1) is 0 Å². The van der Waals surface area contributed by atoms with Gasteiger partial charge in [-0.2, -0.15) is 0 Å². The molecule has 2 saturated carbocycles. The minimum Gasteiger partial charge on any atom is -0.0945 e. The maximum absolute atomic E-state index is 3.42. The van der Waals surface area contributed by atoms with E-state index in [4.69, 9.17) is 0 Å². The van der Waals surface area contributed by atoms with Gasteiger partial charge < -0.3 is 0 Å². The smallest absolute Gasteiger partial charge is 0.0326 e. The van der Waals surface area contributed by atoms with Gasteiger partial charge >= 0.3 is 0 Å². The lowest BCUT2D eigenvalue weighted by atomic mass is 9.99. The van der Waals surface area contributed by atoms with Crippen molar-refractivity contribution in [2.45, 2.75) is 31.6 Å². The molecule has 0 heteroatoms. The molecule has 2 aromatic rings. The fourth-order valence-corrected chi connectivity index (χ4v) is 2.50. The molecule has 0 aliphatic heterocycles. The van der Waals surface area contributed by atoms with Gasteiger partial charge in [-0.25, -0.2) is 0 Å². The molecule has 0 aromatic heterocycles. The van der Waals surface area contributed by atoms with E-state index in [1.807, 2.05) is 0 Å². The monoisotopic (exact) mass is 232 g/mol. The Balaban J connectivity index is 1.88. The van der Waals surface area contributed by atoms with E-state index < -0.39 is 0 Å².